The Morgan fingerprint density at radius 2 is 2.06 bits per heavy atom. The summed E-state index contributed by atoms with van der Waals surface area (Å²) in [5.41, 5.74) is 2.17. The van der Waals surface area contributed by atoms with Gasteiger partial charge < -0.3 is 10.4 Å². The Balaban J connectivity index is 2.05. The predicted octanol–water partition coefficient (Wildman–Crippen LogP) is 3.69. The van der Waals surface area contributed by atoms with Gasteiger partial charge >= 0.3 is 5.97 Å². The lowest BCUT2D eigenvalue weighted by Crippen LogP contribution is -2.19. The van der Waals surface area contributed by atoms with Crippen molar-refractivity contribution in [2.45, 2.75) is 39.0 Å². The molecule has 0 radical (unpaired) electrons. The van der Waals surface area contributed by atoms with Crippen molar-refractivity contribution in [3.63, 3.8) is 0 Å². The first kappa shape index (κ1) is 12.9. The van der Waals surface area contributed by atoms with E-state index in [2.05, 4.69) is 5.32 Å². The third kappa shape index (κ3) is 3.03. The van der Waals surface area contributed by atoms with Gasteiger partial charge in [0.15, 0.2) is 0 Å². The first-order valence-electron chi connectivity index (χ1n) is 6.75. The normalized spacial score (nSPS) is 16.5. The van der Waals surface area contributed by atoms with Crippen LogP contribution in [0.15, 0.2) is 18.2 Å². The van der Waals surface area contributed by atoms with Crippen molar-refractivity contribution in [3.8, 4) is 0 Å². The van der Waals surface area contributed by atoms with Crippen molar-refractivity contribution in [2.75, 3.05) is 11.9 Å². The molecule has 0 saturated heterocycles. The Kier molecular flexibility index (Phi) is 4.24. The number of hydrogen-bond acceptors (Lipinski definition) is 2. The molecule has 1 aromatic carbocycles. The molecular formula is C15H21NO2. The number of carbonyl (C=O) groups is 1. The molecule has 0 amide bonds. The van der Waals surface area contributed by atoms with Crippen LogP contribution in [0.5, 0.6) is 0 Å². The minimum absolute atomic E-state index is 0.380. The number of rotatable bonds is 4. The van der Waals surface area contributed by atoms with Crippen LogP contribution in [0.4, 0.5) is 5.69 Å². The van der Waals surface area contributed by atoms with Crippen molar-refractivity contribution in [1.82, 2.24) is 0 Å². The Morgan fingerprint density at radius 3 is 2.72 bits per heavy atom. The molecule has 1 aromatic rings. The quantitative estimate of drug-likeness (QED) is 0.853. The zero-order chi connectivity index (χ0) is 13.0. The van der Waals surface area contributed by atoms with Gasteiger partial charge in [-0.2, -0.15) is 0 Å². The van der Waals surface area contributed by atoms with Crippen LogP contribution < -0.4 is 5.32 Å². The van der Waals surface area contributed by atoms with Gasteiger partial charge in [-0.25, -0.2) is 4.79 Å². The van der Waals surface area contributed by atoms with E-state index in [0.29, 0.717) is 11.5 Å². The molecule has 0 aliphatic heterocycles. The molecule has 3 nitrogen and oxygen atoms in total. The number of anilines is 1. The smallest absolute Gasteiger partial charge is 0.337 e. The van der Waals surface area contributed by atoms with Crippen LogP contribution in [0.2, 0.25) is 0 Å². The van der Waals surface area contributed by atoms with Crippen molar-refractivity contribution in [2.24, 2.45) is 5.92 Å². The van der Waals surface area contributed by atoms with Crippen LogP contribution >= 0.6 is 0 Å². The number of carboxylic acid groups (broad SMARTS) is 1. The van der Waals surface area contributed by atoms with Crippen LogP contribution in [-0.4, -0.2) is 17.6 Å². The average molecular weight is 247 g/mol. The fourth-order valence-corrected chi connectivity index (χ4v) is 2.72. The van der Waals surface area contributed by atoms with Gasteiger partial charge in [-0.3, -0.25) is 0 Å². The Morgan fingerprint density at radius 1 is 1.33 bits per heavy atom. The third-order valence-electron chi connectivity index (χ3n) is 3.80. The zero-order valence-electron chi connectivity index (χ0n) is 10.9. The highest BCUT2D eigenvalue weighted by atomic mass is 16.4. The highest BCUT2D eigenvalue weighted by molar-refractivity contribution is 5.95. The van der Waals surface area contributed by atoms with Gasteiger partial charge in [0, 0.05) is 6.54 Å². The standard InChI is InChI=1S/C15H21NO2/c1-11-6-5-9-13(15(17)18)14(11)16-10-12-7-3-2-4-8-12/h5-6,9,12,16H,2-4,7-8,10H2,1H3,(H,17,18). The van der Waals surface area contributed by atoms with Crippen molar-refractivity contribution < 1.29 is 9.90 Å². The highest BCUT2D eigenvalue weighted by Crippen LogP contribution is 2.26. The van der Waals surface area contributed by atoms with Crippen LogP contribution in [-0.2, 0) is 0 Å². The fourth-order valence-electron chi connectivity index (χ4n) is 2.72. The van der Waals surface area contributed by atoms with E-state index in [9.17, 15) is 9.90 Å². The maximum Gasteiger partial charge on any atom is 0.337 e. The summed E-state index contributed by atoms with van der Waals surface area (Å²) in [7, 11) is 0. The van der Waals surface area contributed by atoms with E-state index in [1.807, 2.05) is 13.0 Å². The Hall–Kier alpha value is -1.51. The molecule has 2 N–H and O–H groups in total. The molecule has 98 valence electrons. The Labute approximate surface area is 108 Å². The molecule has 0 unspecified atom stereocenters. The van der Waals surface area contributed by atoms with Gasteiger partial charge in [0.05, 0.1) is 11.3 Å². The molecule has 0 bridgehead atoms. The topological polar surface area (TPSA) is 49.3 Å². The number of benzene rings is 1. The summed E-state index contributed by atoms with van der Waals surface area (Å²) in [4.78, 5) is 11.2. The summed E-state index contributed by atoms with van der Waals surface area (Å²) in [6, 6.07) is 5.42. The summed E-state index contributed by atoms with van der Waals surface area (Å²) in [5.74, 6) is -0.162. The summed E-state index contributed by atoms with van der Waals surface area (Å²) >= 11 is 0. The molecule has 1 aliphatic carbocycles. The second kappa shape index (κ2) is 5.89. The van der Waals surface area contributed by atoms with Crippen molar-refractivity contribution >= 4 is 11.7 Å². The van der Waals surface area contributed by atoms with Gasteiger partial charge in [-0.15, -0.1) is 0 Å². The SMILES string of the molecule is Cc1cccc(C(=O)O)c1NCC1CCCCC1. The van der Waals surface area contributed by atoms with Gasteiger partial charge in [0.1, 0.15) is 0 Å². The van der Waals surface area contributed by atoms with E-state index in [4.69, 9.17) is 0 Å². The van der Waals surface area contributed by atoms with Crippen LogP contribution in [0.25, 0.3) is 0 Å². The van der Waals surface area contributed by atoms with E-state index in [1.54, 1.807) is 12.1 Å². The highest BCUT2D eigenvalue weighted by Gasteiger charge is 2.16. The molecule has 0 aromatic heterocycles. The minimum Gasteiger partial charge on any atom is -0.478 e. The predicted molar refractivity (Wildman–Crippen MR) is 73.2 cm³/mol. The van der Waals surface area contributed by atoms with Crippen LogP contribution in [0.3, 0.4) is 0 Å². The Bertz CT molecular complexity index is 423. The number of aryl methyl sites for hydroxylation is 1. The van der Waals surface area contributed by atoms with Gasteiger partial charge in [0.2, 0.25) is 0 Å². The maximum atomic E-state index is 11.2. The van der Waals surface area contributed by atoms with E-state index in [-0.39, 0.29) is 0 Å². The molecular weight excluding hydrogens is 226 g/mol. The fraction of sp³-hybridized carbons (Fsp3) is 0.533. The van der Waals surface area contributed by atoms with Gasteiger partial charge in [-0.1, -0.05) is 31.4 Å². The molecule has 0 atom stereocenters. The summed E-state index contributed by atoms with van der Waals surface area (Å²) in [6.45, 7) is 2.85. The first-order chi connectivity index (χ1) is 8.68. The number of carboxylic acids is 1. The third-order valence-corrected chi connectivity index (χ3v) is 3.80. The van der Waals surface area contributed by atoms with E-state index in [0.717, 1.165) is 17.8 Å². The van der Waals surface area contributed by atoms with E-state index in [1.165, 1.54) is 32.1 Å². The molecule has 0 spiro atoms. The second-order valence-corrected chi connectivity index (χ2v) is 5.19. The van der Waals surface area contributed by atoms with Gasteiger partial charge in [0.25, 0.3) is 0 Å². The second-order valence-electron chi connectivity index (χ2n) is 5.19. The summed E-state index contributed by atoms with van der Waals surface area (Å²) in [5, 5.41) is 12.5. The number of aromatic carboxylic acids is 1. The zero-order valence-corrected chi connectivity index (χ0v) is 10.9. The van der Waals surface area contributed by atoms with Crippen LogP contribution in [0, 0.1) is 12.8 Å². The molecule has 18 heavy (non-hydrogen) atoms. The lowest BCUT2D eigenvalue weighted by molar-refractivity contribution is 0.0698. The van der Waals surface area contributed by atoms with E-state index < -0.39 is 5.97 Å². The monoisotopic (exact) mass is 247 g/mol. The van der Waals surface area contributed by atoms with E-state index >= 15 is 0 Å². The summed E-state index contributed by atoms with van der Waals surface area (Å²) in [6.07, 6.45) is 6.50. The number of para-hydroxylation sites is 1. The maximum absolute atomic E-state index is 11.2. The lowest BCUT2D eigenvalue weighted by atomic mass is 9.89. The molecule has 2 rings (SSSR count). The van der Waals surface area contributed by atoms with Gasteiger partial charge in [-0.05, 0) is 37.3 Å². The van der Waals surface area contributed by atoms with Crippen LogP contribution in [0.1, 0.15) is 48.0 Å². The first-order valence-corrected chi connectivity index (χ1v) is 6.75. The average Bonchev–Trinajstić information content (AvgIpc) is 2.38. The number of nitrogens with one attached hydrogen (secondary N) is 1. The lowest BCUT2D eigenvalue weighted by Gasteiger charge is -2.23. The molecule has 1 saturated carbocycles. The van der Waals surface area contributed by atoms with Crippen molar-refractivity contribution in [3.05, 3.63) is 29.3 Å². The molecule has 1 fully saturated rings. The minimum atomic E-state index is -0.857. The molecule has 1 aliphatic rings. The van der Waals surface area contributed by atoms with Crippen molar-refractivity contribution in [1.29, 1.82) is 0 Å². The molecule has 0 heterocycles. The molecule has 3 heteroatoms. The number of hydrogen-bond donors (Lipinski definition) is 2. The largest absolute Gasteiger partial charge is 0.478 e. The summed E-state index contributed by atoms with van der Waals surface area (Å²) < 4.78 is 0.